The zero-order valence-corrected chi connectivity index (χ0v) is 60.5. The van der Waals surface area contributed by atoms with Gasteiger partial charge in [-0.15, -0.1) is 0 Å². The fourth-order valence-corrected chi connectivity index (χ4v) is 13.3. The van der Waals surface area contributed by atoms with E-state index in [4.69, 9.17) is 52.1 Å². The molecule has 5 unspecified atom stereocenters. The van der Waals surface area contributed by atoms with Gasteiger partial charge in [0, 0.05) is 44.9 Å². The number of pyridine rings is 1. The first-order valence-electron chi connectivity index (χ1n) is 33.3. The molecular formula is C68H115N3O20S2. The molecule has 1 saturated heterocycles. The lowest BCUT2D eigenvalue weighted by Crippen LogP contribution is -2.62. The summed E-state index contributed by atoms with van der Waals surface area (Å²) in [5.74, 6) is -4.82. The highest BCUT2D eigenvalue weighted by molar-refractivity contribution is 8.76. The van der Waals surface area contributed by atoms with Crippen LogP contribution in [0.1, 0.15) is 187 Å². The molecule has 1 fully saturated rings. The maximum atomic E-state index is 14.9. The zero-order valence-electron chi connectivity index (χ0n) is 58.9. The van der Waals surface area contributed by atoms with Crippen LogP contribution in [0.15, 0.2) is 29.4 Å². The molecule has 1 aliphatic heterocycles. The number of carboxylic acids is 1. The van der Waals surface area contributed by atoms with Crippen LogP contribution in [0.5, 0.6) is 0 Å². The van der Waals surface area contributed by atoms with Crippen LogP contribution in [-0.4, -0.2) is 193 Å². The second kappa shape index (κ2) is 42.8. The minimum Gasteiger partial charge on any atom is -0.481 e. The molecule has 0 bridgehead atoms. The smallest absolute Gasteiger partial charge is 0.311 e. The molecule has 534 valence electrons. The largest absolute Gasteiger partial charge is 0.481 e. The molecular weight excluding hydrogens is 1240 g/mol. The number of carbonyl (C=O) groups is 8. The molecule has 0 radical (unpaired) electrons. The first-order valence-corrected chi connectivity index (χ1v) is 35.6. The monoisotopic (exact) mass is 1360 g/mol. The van der Waals surface area contributed by atoms with E-state index in [1.807, 2.05) is 78.7 Å². The first-order chi connectivity index (χ1) is 43.9. The summed E-state index contributed by atoms with van der Waals surface area (Å²) in [6, 6.07) is 4.85. The second-order valence-electron chi connectivity index (χ2n) is 26.6. The van der Waals surface area contributed by atoms with Crippen molar-refractivity contribution in [3.63, 3.8) is 0 Å². The van der Waals surface area contributed by atoms with Gasteiger partial charge in [0.25, 0.3) is 0 Å². The van der Waals surface area contributed by atoms with Gasteiger partial charge < -0.3 is 67.4 Å². The molecule has 10 atom stereocenters. The Balaban J connectivity index is 2.40. The van der Waals surface area contributed by atoms with Crippen LogP contribution in [-0.2, 0) is 90.5 Å². The van der Waals surface area contributed by atoms with Gasteiger partial charge in [0.05, 0.1) is 84.8 Å². The van der Waals surface area contributed by atoms with E-state index < -0.39 is 92.7 Å². The standard InChI is InChI=1S/C68H115N3O20S2/c1-17-22-34-85-62(80)67(14,48-68(26-18-2,57(74)75)46-63(9,10)58(76)89-44-45-92-93-53-25-23-24-31-69-53)47-66(13,61(79)86-35-32-71(15)16)30-29-65(12,60(78)88-42-39-81-33-19-3)28-27-64(11,21-5)59(77)87-43-40-83-37-36-82-38-41-84-56-54(70-50(7)72)55(90-51(8)73)49(6)52(20-4)91-56/h23-25,31,49,52,54-56H,17-22,26-30,32-48H2,1-16H3,(H,70,72)(H,74,75)/t49-,52+,54+,55-,56+,64?,65?,66?,67?,68?/m0/s1. The molecule has 0 aromatic carbocycles. The Labute approximate surface area is 562 Å². The van der Waals surface area contributed by atoms with Crippen molar-refractivity contribution in [1.82, 2.24) is 15.2 Å². The van der Waals surface area contributed by atoms with Gasteiger partial charge in [-0.1, -0.05) is 71.2 Å². The minimum atomic E-state index is -1.70. The maximum Gasteiger partial charge on any atom is 0.311 e. The third-order valence-electron chi connectivity index (χ3n) is 17.2. The van der Waals surface area contributed by atoms with Gasteiger partial charge in [-0.2, -0.15) is 0 Å². The topological polar surface area (TPSA) is 286 Å². The number of nitrogens with zero attached hydrogens (tertiary/aromatic N) is 2. The molecule has 1 aliphatic rings. The van der Waals surface area contributed by atoms with Gasteiger partial charge >= 0.3 is 41.8 Å². The summed E-state index contributed by atoms with van der Waals surface area (Å²) >= 11 is 0. The molecule has 0 aliphatic carbocycles. The third-order valence-corrected chi connectivity index (χ3v) is 19.4. The van der Waals surface area contributed by atoms with Gasteiger partial charge in [0.15, 0.2) is 6.29 Å². The van der Waals surface area contributed by atoms with Crippen molar-refractivity contribution < 1.29 is 95.6 Å². The Kier molecular flexibility index (Phi) is 38.9. The van der Waals surface area contributed by atoms with Gasteiger partial charge in [0.2, 0.25) is 5.91 Å². The predicted octanol–water partition coefficient (Wildman–Crippen LogP) is 10.6. The van der Waals surface area contributed by atoms with E-state index >= 15 is 0 Å². The van der Waals surface area contributed by atoms with Crippen LogP contribution in [0.4, 0.5) is 0 Å². The lowest BCUT2D eigenvalue weighted by molar-refractivity contribution is -0.255. The summed E-state index contributed by atoms with van der Waals surface area (Å²) in [5.41, 5.74) is -8.71. The summed E-state index contributed by atoms with van der Waals surface area (Å²) in [6.45, 7) is 25.9. The number of likely N-dealkylation sites (N-methyl/N-ethyl adjacent to an activating group) is 1. The van der Waals surface area contributed by atoms with E-state index in [2.05, 4.69) is 10.3 Å². The third kappa shape index (κ3) is 29.3. The van der Waals surface area contributed by atoms with Gasteiger partial charge in [-0.25, -0.2) is 4.98 Å². The van der Waals surface area contributed by atoms with Crippen molar-refractivity contribution in [3.8, 4) is 0 Å². The van der Waals surface area contributed by atoms with Gasteiger partial charge in [-0.05, 0) is 156 Å². The molecule has 1 amide bonds. The molecule has 1 aromatic rings. The number of carboxylic acid groups (broad SMARTS) is 1. The highest BCUT2D eigenvalue weighted by Crippen LogP contribution is 2.53. The van der Waals surface area contributed by atoms with Crippen molar-refractivity contribution in [2.45, 2.75) is 216 Å². The predicted molar refractivity (Wildman–Crippen MR) is 355 cm³/mol. The molecule has 2 heterocycles. The van der Waals surface area contributed by atoms with E-state index in [0.29, 0.717) is 51.0 Å². The molecule has 0 spiro atoms. The number of hydrogen-bond acceptors (Lipinski definition) is 23. The summed E-state index contributed by atoms with van der Waals surface area (Å²) in [5, 5.41) is 15.0. The number of rotatable bonds is 50. The lowest BCUT2D eigenvalue weighted by atomic mass is 9.59. The fourth-order valence-electron chi connectivity index (χ4n) is 11.6. The molecule has 23 nitrogen and oxygen atoms in total. The first kappa shape index (κ1) is 84.5. The summed E-state index contributed by atoms with van der Waals surface area (Å²) in [4.78, 5) is 117. The average Bonchev–Trinajstić information content (AvgIpc) is 0.777. The number of aliphatic carboxylic acids is 1. The second-order valence-corrected chi connectivity index (χ2v) is 29.0. The van der Waals surface area contributed by atoms with Gasteiger partial charge in [-0.3, -0.25) is 38.4 Å². The Hall–Kier alpha value is -4.63. The molecule has 93 heavy (non-hydrogen) atoms. The SMILES string of the molecule is CCCCOC(=O)C(C)(CC(C)(CCC(C)(CCC(C)(CC)C(=O)OCCOCCOCCO[C@@H]1O[C@H](CC)[C@H](C)[C@H](OC(C)=O)[C@H]1NC(C)=O)C(=O)OCCOCCC)C(=O)OCCN(C)C)CC(CCC)(CC(C)(C)C(=O)OCCSSc1ccccn1)C(=O)O. The van der Waals surface area contributed by atoms with Crippen LogP contribution in [0.25, 0.3) is 0 Å². The summed E-state index contributed by atoms with van der Waals surface area (Å²) < 4.78 is 64.4. The Bertz CT molecular complexity index is 2430. The van der Waals surface area contributed by atoms with Crippen LogP contribution < -0.4 is 5.32 Å². The number of esters is 6. The molecule has 2 N–H and O–H groups in total. The summed E-state index contributed by atoms with van der Waals surface area (Å²) in [6.07, 6.45) is 2.79. The van der Waals surface area contributed by atoms with Crippen molar-refractivity contribution in [2.75, 3.05) is 106 Å². The number of aromatic nitrogens is 1. The fraction of sp³-hybridized carbons (Fsp3) is 0.809. The van der Waals surface area contributed by atoms with E-state index in [-0.39, 0.29) is 142 Å². The Morgan fingerprint density at radius 3 is 1.71 bits per heavy atom. The van der Waals surface area contributed by atoms with Crippen LogP contribution in [0.2, 0.25) is 0 Å². The number of amides is 1. The number of hydrogen-bond donors (Lipinski definition) is 2. The highest BCUT2D eigenvalue weighted by atomic mass is 33.1. The Morgan fingerprint density at radius 1 is 0.613 bits per heavy atom. The molecule has 25 heteroatoms. The van der Waals surface area contributed by atoms with Crippen LogP contribution in [0.3, 0.4) is 0 Å². The van der Waals surface area contributed by atoms with Crippen LogP contribution in [0, 0.1) is 38.4 Å². The molecule has 1 aromatic heterocycles. The number of nitrogens with one attached hydrogen (secondary N) is 1. The zero-order chi connectivity index (χ0) is 69.9. The lowest BCUT2D eigenvalue weighted by Gasteiger charge is -2.44. The number of unbranched alkanes of at least 4 members (excludes halogenated alkanes) is 1. The molecule has 0 saturated carbocycles. The van der Waals surface area contributed by atoms with Crippen molar-refractivity contribution in [2.24, 2.45) is 38.4 Å². The number of carbonyl (C=O) groups excluding carboxylic acids is 7. The number of ether oxygens (including phenoxy) is 11. The normalized spacial score (nSPS) is 19.9. The van der Waals surface area contributed by atoms with Crippen molar-refractivity contribution >= 4 is 69.3 Å². The van der Waals surface area contributed by atoms with Crippen molar-refractivity contribution in [1.29, 1.82) is 0 Å². The Morgan fingerprint density at radius 2 is 1.16 bits per heavy atom. The van der Waals surface area contributed by atoms with Crippen molar-refractivity contribution in [3.05, 3.63) is 24.4 Å². The maximum absolute atomic E-state index is 14.9. The summed E-state index contributed by atoms with van der Waals surface area (Å²) in [7, 11) is 6.57. The van der Waals surface area contributed by atoms with E-state index in [9.17, 15) is 43.5 Å². The minimum absolute atomic E-state index is 0.00557. The quantitative estimate of drug-likeness (QED) is 0.0265. The highest BCUT2D eigenvalue weighted by Gasteiger charge is 2.56. The average molecular weight is 1360 g/mol. The molecule has 2 rings (SSSR count). The van der Waals surface area contributed by atoms with Gasteiger partial charge in [0.1, 0.15) is 43.6 Å². The van der Waals surface area contributed by atoms with E-state index in [1.165, 1.54) is 35.4 Å². The van der Waals surface area contributed by atoms with E-state index in [1.54, 1.807) is 47.7 Å². The van der Waals surface area contributed by atoms with E-state index in [0.717, 1.165) is 11.4 Å². The van der Waals surface area contributed by atoms with Crippen LogP contribution >= 0.6 is 21.6 Å².